The van der Waals surface area contributed by atoms with Crippen molar-refractivity contribution in [1.29, 1.82) is 5.26 Å². The van der Waals surface area contributed by atoms with Crippen LogP contribution in [0.25, 0.3) is 6.08 Å². The summed E-state index contributed by atoms with van der Waals surface area (Å²) in [5.41, 5.74) is 1.00. The molecule has 6 heteroatoms. The first-order valence-electron chi connectivity index (χ1n) is 7.02. The lowest BCUT2D eigenvalue weighted by molar-refractivity contribution is 0.103. The Kier molecular flexibility index (Phi) is 4.54. The van der Waals surface area contributed by atoms with Crippen LogP contribution < -0.4 is 14.2 Å². The molecule has 0 radical (unpaired) electrons. The fourth-order valence-electron chi connectivity index (χ4n) is 2.32. The van der Waals surface area contributed by atoms with Gasteiger partial charge in [-0.05, 0) is 42.5 Å². The summed E-state index contributed by atoms with van der Waals surface area (Å²) in [6, 6.07) is 12.2. The number of ether oxygens (including phenoxy) is 3. The molecule has 1 aliphatic heterocycles. The Hall–Kier alpha value is -2.78. The van der Waals surface area contributed by atoms with Crippen molar-refractivity contribution in [1.82, 2.24) is 0 Å². The van der Waals surface area contributed by atoms with Gasteiger partial charge in [0.05, 0.1) is 7.11 Å². The lowest BCUT2D eigenvalue weighted by Gasteiger charge is -2.06. The van der Waals surface area contributed by atoms with E-state index in [0.29, 0.717) is 28.4 Å². The van der Waals surface area contributed by atoms with Crippen LogP contribution in [0.4, 0.5) is 0 Å². The van der Waals surface area contributed by atoms with Crippen LogP contribution in [0.1, 0.15) is 15.9 Å². The average Bonchev–Trinajstić information content (AvgIpc) is 3.06. The highest BCUT2D eigenvalue weighted by atomic mass is 79.9. The van der Waals surface area contributed by atoms with Crippen molar-refractivity contribution in [3.63, 3.8) is 0 Å². The largest absolute Gasteiger partial charge is 0.496 e. The van der Waals surface area contributed by atoms with Crippen LogP contribution in [0, 0.1) is 11.3 Å². The summed E-state index contributed by atoms with van der Waals surface area (Å²) in [6.45, 7) is 0.128. The molecule has 5 nitrogen and oxygen atoms in total. The molecule has 0 aliphatic carbocycles. The first kappa shape index (κ1) is 16.1. The van der Waals surface area contributed by atoms with E-state index in [1.807, 2.05) is 12.1 Å². The van der Waals surface area contributed by atoms with Crippen LogP contribution in [0.15, 0.2) is 46.4 Å². The van der Waals surface area contributed by atoms with Gasteiger partial charge in [-0.3, -0.25) is 4.79 Å². The van der Waals surface area contributed by atoms with Crippen molar-refractivity contribution in [3.05, 3.63) is 57.6 Å². The second-order valence-electron chi connectivity index (χ2n) is 4.95. The third kappa shape index (κ3) is 3.12. The van der Waals surface area contributed by atoms with Crippen molar-refractivity contribution in [2.24, 2.45) is 0 Å². The highest BCUT2D eigenvalue weighted by Gasteiger charge is 2.19. The van der Waals surface area contributed by atoms with Crippen molar-refractivity contribution < 1.29 is 19.0 Å². The fraction of sp³-hybridized carbons (Fsp3) is 0.111. The molecule has 0 spiro atoms. The van der Waals surface area contributed by atoms with E-state index in [1.54, 1.807) is 30.3 Å². The van der Waals surface area contributed by atoms with Crippen LogP contribution >= 0.6 is 15.9 Å². The summed E-state index contributed by atoms with van der Waals surface area (Å²) in [5.74, 6) is 1.27. The zero-order valence-corrected chi connectivity index (χ0v) is 14.3. The van der Waals surface area contributed by atoms with Crippen LogP contribution in [-0.4, -0.2) is 19.7 Å². The monoisotopic (exact) mass is 385 g/mol. The van der Waals surface area contributed by atoms with Crippen molar-refractivity contribution in [2.45, 2.75) is 0 Å². The smallest absolute Gasteiger partial charge is 0.231 e. The zero-order valence-electron chi connectivity index (χ0n) is 12.7. The van der Waals surface area contributed by atoms with Gasteiger partial charge in [0.1, 0.15) is 17.4 Å². The summed E-state index contributed by atoms with van der Waals surface area (Å²) in [5, 5.41) is 9.40. The highest BCUT2D eigenvalue weighted by molar-refractivity contribution is 9.10. The quantitative estimate of drug-likeness (QED) is 0.452. The van der Waals surface area contributed by atoms with Gasteiger partial charge in [-0.1, -0.05) is 15.9 Å². The number of rotatable bonds is 4. The number of ketones is 1. The lowest BCUT2D eigenvalue weighted by Crippen LogP contribution is -2.02. The first-order valence-corrected chi connectivity index (χ1v) is 7.81. The third-order valence-electron chi connectivity index (χ3n) is 3.49. The minimum atomic E-state index is -0.391. The molecular weight excluding hydrogens is 374 g/mol. The summed E-state index contributed by atoms with van der Waals surface area (Å²) >= 11 is 3.37. The second kappa shape index (κ2) is 6.77. The maximum atomic E-state index is 12.6. The first-order chi connectivity index (χ1) is 11.6. The van der Waals surface area contributed by atoms with Crippen LogP contribution in [0.5, 0.6) is 17.2 Å². The van der Waals surface area contributed by atoms with Gasteiger partial charge in [-0.2, -0.15) is 5.26 Å². The zero-order chi connectivity index (χ0) is 17.1. The molecule has 0 saturated carbocycles. The molecule has 2 aromatic rings. The molecular formula is C18H12BrNO4. The molecule has 0 bridgehead atoms. The molecule has 0 fully saturated rings. The van der Waals surface area contributed by atoms with Crippen molar-refractivity contribution in [2.75, 3.05) is 13.9 Å². The van der Waals surface area contributed by atoms with E-state index < -0.39 is 5.78 Å². The molecule has 2 aromatic carbocycles. The molecule has 0 N–H and O–H groups in total. The number of allylic oxidation sites excluding steroid dienone is 1. The minimum Gasteiger partial charge on any atom is -0.496 e. The Morgan fingerprint density at radius 1 is 1.25 bits per heavy atom. The van der Waals surface area contributed by atoms with Crippen LogP contribution in [-0.2, 0) is 0 Å². The van der Waals surface area contributed by atoms with Crippen LogP contribution in [0.2, 0.25) is 0 Å². The van der Waals surface area contributed by atoms with E-state index in [-0.39, 0.29) is 12.4 Å². The van der Waals surface area contributed by atoms with Gasteiger partial charge in [-0.15, -0.1) is 0 Å². The number of methoxy groups -OCH3 is 1. The maximum absolute atomic E-state index is 12.6. The molecule has 0 amide bonds. The number of fused-ring (bicyclic) bond motifs is 1. The SMILES string of the molecule is COc1ccc(Br)cc1/C=C(/C#N)C(=O)c1ccc2c(c1)OCO2. The lowest BCUT2D eigenvalue weighted by atomic mass is 10.0. The number of Topliss-reactive ketones (excluding diaryl/α,β-unsaturated/α-hetero) is 1. The number of carbonyl (C=O) groups is 1. The predicted octanol–water partition coefficient (Wildman–Crippen LogP) is 3.98. The molecule has 3 rings (SSSR count). The molecule has 0 atom stereocenters. The summed E-state index contributed by atoms with van der Waals surface area (Å²) in [4.78, 5) is 12.6. The van der Waals surface area contributed by atoms with Gasteiger partial charge in [0.25, 0.3) is 0 Å². The van der Waals surface area contributed by atoms with E-state index in [4.69, 9.17) is 14.2 Å². The highest BCUT2D eigenvalue weighted by Crippen LogP contribution is 2.33. The Balaban J connectivity index is 1.98. The Bertz CT molecular complexity index is 883. The number of nitrogens with zero attached hydrogens (tertiary/aromatic N) is 1. The van der Waals surface area contributed by atoms with E-state index in [0.717, 1.165) is 4.47 Å². The van der Waals surface area contributed by atoms with Gasteiger partial charge in [0.2, 0.25) is 12.6 Å². The fourth-order valence-corrected chi connectivity index (χ4v) is 2.69. The number of nitriles is 1. The molecule has 1 aliphatic rings. The molecule has 24 heavy (non-hydrogen) atoms. The average molecular weight is 386 g/mol. The number of halogens is 1. The summed E-state index contributed by atoms with van der Waals surface area (Å²) in [7, 11) is 1.53. The number of carbonyl (C=O) groups excluding carboxylic acids is 1. The van der Waals surface area contributed by atoms with E-state index in [2.05, 4.69) is 15.9 Å². The molecule has 1 heterocycles. The van der Waals surface area contributed by atoms with Gasteiger partial charge in [0.15, 0.2) is 11.5 Å². The van der Waals surface area contributed by atoms with Gasteiger partial charge in [-0.25, -0.2) is 0 Å². The third-order valence-corrected chi connectivity index (χ3v) is 3.98. The van der Waals surface area contributed by atoms with Gasteiger partial charge >= 0.3 is 0 Å². The van der Waals surface area contributed by atoms with Crippen molar-refractivity contribution >= 4 is 27.8 Å². The van der Waals surface area contributed by atoms with Crippen molar-refractivity contribution in [3.8, 4) is 23.3 Å². The van der Waals surface area contributed by atoms with E-state index in [1.165, 1.54) is 13.2 Å². The standard InChI is InChI=1S/C18H12BrNO4/c1-22-15-5-3-14(19)7-12(15)6-13(9-20)18(21)11-2-4-16-17(8-11)24-10-23-16/h2-8H,10H2,1H3/b13-6-. The normalized spacial score (nSPS) is 12.6. The molecule has 120 valence electrons. The predicted molar refractivity (Wildman–Crippen MR) is 91.2 cm³/mol. The molecule has 0 aromatic heterocycles. The number of hydrogen-bond donors (Lipinski definition) is 0. The topological polar surface area (TPSA) is 68.5 Å². The van der Waals surface area contributed by atoms with Gasteiger partial charge in [0, 0.05) is 15.6 Å². The second-order valence-corrected chi connectivity index (χ2v) is 5.87. The van der Waals surface area contributed by atoms with E-state index >= 15 is 0 Å². The summed E-state index contributed by atoms with van der Waals surface area (Å²) in [6.07, 6.45) is 1.51. The minimum absolute atomic E-state index is 0.00488. The Labute approximate surface area is 147 Å². The van der Waals surface area contributed by atoms with Crippen LogP contribution in [0.3, 0.4) is 0 Å². The Morgan fingerprint density at radius 2 is 2.04 bits per heavy atom. The Morgan fingerprint density at radius 3 is 2.79 bits per heavy atom. The van der Waals surface area contributed by atoms with E-state index in [9.17, 15) is 10.1 Å². The maximum Gasteiger partial charge on any atom is 0.231 e. The molecule has 0 saturated heterocycles. The molecule has 0 unspecified atom stereocenters. The summed E-state index contributed by atoms with van der Waals surface area (Å²) < 4.78 is 16.6. The van der Waals surface area contributed by atoms with Gasteiger partial charge < -0.3 is 14.2 Å². The number of benzene rings is 2. The number of hydrogen-bond acceptors (Lipinski definition) is 5.